The number of rotatable bonds is 4. The quantitative estimate of drug-likeness (QED) is 0.254. The standard InChI is InChI=1S/C26H29N3O5S/c1-8-18(30)14-9-10-16-15(13-14)21(33-23(31)25(2,3)4)19(27-16)20-22-17(11-12-35-22)29(28-20)24(32)34-26(5,6)7/h9-13,27H,8H2,1-7H3. The van der Waals surface area contributed by atoms with Gasteiger partial charge >= 0.3 is 12.1 Å². The van der Waals surface area contributed by atoms with Gasteiger partial charge in [-0.3, -0.25) is 9.59 Å². The van der Waals surface area contributed by atoms with Crippen molar-refractivity contribution in [1.82, 2.24) is 14.8 Å². The lowest BCUT2D eigenvalue weighted by molar-refractivity contribution is -0.142. The molecule has 1 aromatic carbocycles. The van der Waals surface area contributed by atoms with E-state index in [0.29, 0.717) is 39.8 Å². The van der Waals surface area contributed by atoms with Gasteiger partial charge in [-0.05, 0) is 71.2 Å². The van der Waals surface area contributed by atoms with E-state index in [1.54, 1.807) is 72.7 Å². The Labute approximate surface area is 207 Å². The number of benzene rings is 1. The summed E-state index contributed by atoms with van der Waals surface area (Å²) < 4.78 is 13.4. The van der Waals surface area contributed by atoms with Crippen molar-refractivity contribution < 1.29 is 23.9 Å². The van der Waals surface area contributed by atoms with Crippen LogP contribution in [-0.4, -0.2) is 38.2 Å². The minimum Gasteiger partial charge on any atom is -0.442 e. The first-order chi connectivity index (χ1) is 16.3. The molecule has 0 amide bonds. The fraction of sp³-hybridized carbons (Fsp3) is 0.385. The summed E-state index contributed by atoms with van der Waals surface area (Å²) in [6.07, 6.45) is -0.247. The molecule has 1 N–H and O–H groups in total. The molecule has 184 valence electrons. The molecule has 0 saturated heterocycles. The number of hydrogen-bond donors (Lipinski definition) is 1. The molecule has 4 rings (SSSR count). The lowest BCUT2D eigenvalue weighted by Gasteiger charge is -2.19. The minimum absolute atomic E-state index is 0.0161. The van der Waals surface area contributed by atoms with E-state index in [-0.39, 0.29) is 11.5 Å². The summed E-state index contributed by atoms with van der Waals surface area (Å²) in [4.78, 5) is 41.5. The Kier molecular flexibility index (Phi) is 6.09. The molecule has 0 bridgehead atoms. The number of fused-ring (bicyclic) bond motifs is 2. The summed E-state index contributed by atoms with van der Waals surface area (Å²) >= 11 is 1.41. The predicted octanol–water partition coefficient (Wildman–Crippen LogP) is 6.57. The zero-order valence-corrected chi connectivity index (χ0v) is 21.8. The Bertz CT molecular complexity index is 1460. The molecule has 8 nitrogen and oxygen atoms in total. The summed E-state index contributed by atoms with van der Waals surface area (Å²) in [5.41, 5.74) is 1.26. The monoisotopic (exact) mass is 495 g/mol. The number of carbonyl (C=O) groups excluding carboxylic acids is 3. The lowest BCUT2D eigenvalue weighted by Crippen LogP contribution is -2.27. The molecule has 0 spiro atoms. The SMILES string of the molecule is CCC(=O)c1ccc2[nH]c(-c3nn(C(=O)OC(C)(C)C)c4ccsc34)c(OC(=O)C(C)(C)C)c2c1. The molecular weight excluding hydrogens is 466 g/mol. The molecule has 3 aromatic heterocycles. The first-order valence-corrected chi connectivity index (χ1v) is 12.3. The average molecular weight is 496 g/mol. The second kappa shape index (κ2) is 8.64. The van der Waals surface area contributed by atoms with Gasteiger partial charge in [-0.25, -0.2) is 4.79 Å². The lowest BCUT2D eigenvalue weighted by atomic mass is 9.97. The molecule has 0 radical (unpaired) electrons. The predicted molar refractivity (Wildman–Crippen MR) is 136 cm³/mol. The Morgan fingerprint density at radius 2 is 1.80 bits per heavy atom. The van der Waals surface area contributed by atoms with Crippen LogP contribution in [0.1, 0.15) is 65.2 Å². The summed E-state index contributed by atoms with van der Waals surface area (Å²) in [6.45, 7) is 12.5. The van der Waals surface area contributed by atoms with E-state index in [9.17, 15) is 14.4 Å². The first kappa shape index (κ1) is 24.7. The van der Waals surface area contributed by atoms with Gasteiger partial charge in [0.2, 0.25) is 0 Å². The fourth-order valence-electron chi connectivity index (χ4n) is 3.52. The number of Topliss-reactive ketones (excluding diaryl/α,β-unsaturated/α-hetero) is 1. The zero-order chi connectivity index (χ0) is 25.7. The van der Waals surface area contributed by atoms with Gasteiger partial charge in [0.25, 0.3) is 0 Å². The maximum absolute atomic E-state index is 12.9. The highest BCUT2D eigenvalue weighted by atomic mass is 32.1. The average Bonchev–Trinajstić information content (AvgIpc) is 3.45. The maximum atomic E-state index is 12.9. The van der Waals surface area contributed by atoms with Crippen LogP contribution in [0.2, 0.25) is 0 Å². The number of thiophene rings is 1. The molecule has 0 atom stereocenters. The van der Waals surface area contributed by atoms with E-state index in [4.69, 9.17) is 9.47 Å². The molecule has 4 aromatic rings. The van der Waals surface area contributed by atoms with Gasteiger partial charge in [0.15, 0.2) is 11.5 Å². The molecule has 0 unspecified atom stereocenters. The van der Waals surface area contributed by atoms with Crippen LogP contribution in [0.5, 0.6) is 5.75 Å². The van der Waals surface area contributed by atoms with Crippen LogP contribution in [0.3, 0.4) is 0 Å². The summed E-state index contributed by atoms with van der Waals surface area (Å²) in [5, 5.41) is 7.02. The smallest absolute Gasteiger partial charge is 0.435 e. The number of esters is 1. The highest BCUT2D eigenvalue weighted by Crippen LogP contribution is 2.42. The van der Waals surface area contributed by atoms with Crippen LogP contribution in [0.4, 0.5) is 4.79 Å². The van der Waals surface area contributed by atoms with Crippen LogP contribution in [-0.2, 0) is 9.53 Å². The molecule has 0 fully saturated rings. The van der Waals surface area contributed by atoms with Gasteiger partial charge in [0, 0.05) is 22.9 Å². The van der Waals surface area contributed by atoms with E-state index >= 15 is 0 Å². The highest BCUT2D eigenvalue weighted by molar-refractivity contribution is 7.17. The number of ether oxygens (including phenoxy) is 2. The van der Waals surface area contributed by atoms with Gasteiger partial charge in [-0.1, -0.05) is 6.92 Å². The highest BCUT2D eigenvalue weighted by Gasteiger charge is 2.30. The molecule has 9 heteroatoms. The topological polar surface area (TPSA) is 103 Å². The Morgan fingerprint density at radius 3 is 2.43 bits per heavy atom. The molecule has 0 aliphatic heterocycles. The largest absolute Gasteiger partial charge is 0.442 e. The number of carbonyl (C=O) groups is 3. The van der Waals surface area contributed by atoms with Gasteiger partial charge in [0.1, 0.15) is 17.0 Å². The second-order valence-corrected chi connectivity index (χ2v) is 11.3. The third-order valence-corrected chi connectivity index (χ3v) is 6.20. The number of nitrogens with zero attached hydrogens (tertiary/aromatic N) is 2. The van der Waals surface area contributed by atoms with E-state index in [2.05, 4.69) is 10.1 Å². The normalized spacial score (nSPS) is 12.3. The van der Waals surface area contributed by atoms with Crippen LogP contribution >= 0.6 is 11.3 Å². The Morgan fingerprint density at radius 1 is 1.09 bits per heavy atom. The van der Waals surface area contributed by atoms with E-state index in [1.807, 2.05) is 5.38 Å². The molecule has 3 heterocycles. The van der Waals surface area contributed by atoms with E-state index < -0.39 is 23.1 Å². The van der Waals surface area contributed by atoms with Crippen molar-refractivity contribution in [2.45, 2.75) is 60.5 Å². The number of aromatic amines is 1. The van der Waals surface area contributed by atoms with Crippen molar-refractivity contribution in [1.29, 1.82) is 0 Å². The van der Waals surface area contributed by atoms with Crippen LogP contribution in [0.25, 0.3) is 32.5 Å². The van der Waals surface area contributed by atoms with Crippen molar-refractivity contribution in [2.75, 3.05) is 0 Å². The van der Waals surface area contributed by atoms with Crippen molar-refractivity contribution >= 4 is 50.3 Å². The third-order valence-electron chi connectivity index (χ3n) is 5.29. The molecule has 0 aliphatic carbocycles. The number of hydrogen-bond acceptors (Lipinski definition) is 7. The molecular formula is C26H29N3O5S. The number of nitrogens with one attached hydrogen (secondary N) is 1. The second-order valence-electron chi connectivity index (χ2n) is 10.4. The van der Waals surface area contributed by atoms with Crippen molar-refractivity contribution in [3.63, 3.8) is 0 Å². The van der Waals surface area contributed by atoms with E-state index in [1.165, 1.54) is 16.0 Å². The maximum Gasteiger partial charge on any atom is 0.435 e. The number of aromatic nitrogens is 3. The molecule has 0 saturated carbocycles. The zero-order valence-electron chi connectivity index (χ0n) is 20.9. The van der Waals surface area contributed by atoms with Gasteiger partial charge in [0.05, 0.1) is 15.6 Å². The van der Waals surface area contributed by atoms with Crippen molar-refractivity contribution in [3.8, 4) is 17.1 Å². The van der Waals surface area contributed by atoms with Gasteiger partial charge < -0.3 is 14.5 Å². The summed E-state index contributed by atoms with van der Waals surface area (Å²) in [5.74, 6) is -0.173. The molecule has 35 heavy (non-hydrogen) atoms. The minimum atomic E-state index is -0.758. The van der Waals surface area contributed by atoms with Crippen LogP contribution < -0.4 is 4.74 Å². The first-order valence-electron chi connectivity index (χ1n) is 11.4. The van der Waals surface area contributed by atoms with Crippen LogP contribution in [0.15, 0.2) is 29.6 Å². The fourth-order valence-corrected chi connectivity index (χ4v) is 4.38. The molecule has 0 aliphatic rings. The summed E-state index contributed by atoms with van der Waals surface area (Å²) in [7, 11) is 0. The van der Waals surface area contributed by atoms with Crippen molar-refractivity contribution in [2.24, 2.45) is 5.41 Å². The van der Waals surface area contributed by atoms with Crippen LogP contribution in [0, 0.1) is 5.41 Å². The summed E-state index contributed by atoms with van der Waals surface area (Å²) in [6, 6.07) is 7.04. The Balaban J connectivity index is 1.94. The Hall–Kier alpha value is -3.46. The third kappa shape index (κ3) is 4.73. The van der Waals surface area contributed by atoms with Crippen molar-refractivity contribution in [3.05, 3.63) is 35.2 Å². The number of H-pyrrole nitrogens is 1. The number of ketones is 1. The van der Waals surface area contributed by atoms with Gasteiger partial charge in [-0.15, -0.1) is 11.3 Å². The van der Waals surface area contributed by atoms with E-state index in [0.717, 1.165) is 4.70 Å². The van der Waals surface area contributed by atoms with Gasteiger partial charge in [-0.2, -0.15) is 9.78 Å².